The zero-order valence-electron chi connectivity index (χ0n) is 11.2. The summed E-state index contributed by atoms with van der Waals surface area (Å²) in [7, 11) is 0. The van der Waals surface area contributed by atoms with E-state index in [0.717, 1.165) is 11.3 Å². The van der Waals surface area contributed by atoms with Crippen LogP contribution in [-0.2, 0) is 11.4 Å². The summed E-state index contributed by atoms with van der Waals surface area (Å²) in [5, 5.41) is 9.05. The number of carbonyl (C=O) groups is 1. The van der Waals surface area contributed by atoms with Gasteiger partial charge in [-0.2, -0.15) is 0 Å². The van der Waals surface area contributed by atoms with Gasteiger partial charge in [0.25, 0.3) is 0 Å². The number of carboxylic acid groups (broad SMARTS) is 1. The predicted molar refractivity (Wildman–Crippen MR) is 78.5 cm³/mol. The van der Waals surface area contributed by atoms with Crippen LogP contribution in [0.3, 0.4) is 0 Å². The molecule has 0 spiro atoms. The zero-order chi connectivity index (χ0) is 14.4. The van der Waals surface area contributed by atoms with Crippen molar-refractivity contribution in [1.29, 1.82) is 0 Å². The first-order valence-corrected chi connectivity index (χ1v) is 6.37. The van der Waals surface area contributed by atoms with Crippen LogP contribution >= 0.6 is 0 Å². The van der Waals surface area contributed by atoms with Crippen molar-refractivity contribution in [3.63, 3.8) is 0 Å². The molecular weight excluding hydrogens is 252 g/mol. The van der Waals surface area contributed by atoms with Gasteiger partial charge in [-0.1, -0.05) is 48.5 Å². The first kappa shape index (κ1) is 13.9. The van der Waals surface area contributed by atoms with E-state index in [1.54, 1.807) is 37.3 Å². The van der Waals surface area contributed by atoms with Crippen molar-refractivity contribution in [2.24, 2.45) is 0 Å². The Bertz CT molecular complexity index is 598. The molecule has 0 unspecified atom stereocenters. The lowest BCUT2D eigenvalue weighted by Gasteiger charge is -2.07. The van der Waals surface area contributed by atoms with Crippen molar-refractivity contribution in [2.75, 3.05) is 0 Å². The molecule has 0 aliphatic carbocycles. The number of carboxylic acids is 1. The summed E-state index contributed by atoms with van der Waals surface area (Å²) in [4.78, 5) is 11.0. The second kappa shape index (κ2) is 6.57. The van der Waals surface area contributed by atoms with E-state index in [9.17, 15) is 4.79 Å². The molecule has 2 aromatic carbocycles. The molecule has 0 aliphatic heterocycles. The molecule has 0 saturated carbocycles. The molecular formula is C17H16O3. The lowest BCUT2D eigenvalue weighted by molar-refractivity contribution is -0.130. The van der Waals surface area contributed by atoms with Crippen LogP contribution in [0.4, 0.5) is 0 Å². The first-order chi connectivity index (χ1) is 9.70. The highest BCUT2D eigenvalue weighted by Crippen LogP contribution is 2.19. The number of benzene rings is 2. The minimum Gasteiger partial charge on any atom is -0.489 e. The molecule has 3 heteroatoms. The Morgan fingerprint density at radius 2 is 1.75 bits per heavy atom. The number of hydrogen-bond donors (Lipinski definition) is 1. The van der Waals surface area contributed by atoms with E-state index in [-0.39, 0.29) is 0 Å². The molecule has 0 aromatic heterocycles. The second-order valence-corrected chi connectivity index (χ2v) is 4.31. The highest BCUT2D eigenvalue weighted by molar-refractivity contribution is 6.15. The van der Waals surface area contributed by atoms with Crippen LogP contribution in [0, 0.1) is 0 Å². The van der Waals surface area contributed by atoms with E-state index >= 15 is 0 Å². The molecule has 102 valence electrons. The summed E-state index contributed by atoms with van der Waals surface area (Å²) in [5.41, 5.74) is 2.06. The Balaban J connectivity index is 2.04. The minimum absolute atomic E-state index is 0.291. The van der Waals surface area contributed by atoms with Gasteiger partial charge in [0.05, 0.1) is 5.57 Å². The molecule has 20 heavy (non-hydrogen) atoms. The molecule has 1 N–H and O–H groups in total. The second-order valence-electron chi connectivity index (χ2n) is 4.31. The van der Waals surface area contributed by atoms with E-state index in [2.05, 4.69) is 0 Å². The maximum atomic E-state index is 11.0. The predicted octanol–water partition coefficient (Wildman–Crippen LogP) is 3.75. The third kappa shape index (κ3) is 3.48. The van der Waals surface area contributed by atoms with Crippen LogP contribution in [0.15, 0.2) is 60.7 Å². The summed E-state index contributed by atoms with van der Waals surface area (Å²) in [6, 6.07) is 17.0. The lowest BCUT2D eigenvalue weighted by atomic mass is 10.1. The molecule has 2 aromatic rings. The Kier molecular flexibility index (Phi) is 4.56. The topological polar surface area (TPSA) is 46.5 Å². The quantitative estimate of drug-likeness (QED) is 0.840. The van der Waals surface area contributed by atoms with Gasteiger partial charge < -0.3 is 9.84 Å². The molecule has 0 heterocycles. The summed E-state index contributed by atoms with van der Waals surface area (Å²) >= 11 is 0. The normalized spacial score (nSPS) is 11.2. The minimum atomic E-state index is -0.926. The van der Waals surface area contributed by atoms with Gasteiger partial charge in [0.1, 0.15) is 12.4 Å². The first-order valence-electron chi connectivity index (χ1n) is 6.37. The Morgan fingerprint density at radius 1 is 1.10 bits per heavy atom. The molecule has 0 fully saturated rings. The number of allylic oxidation sites excluding steroid dienone is 1. The van der Waals surface area contributed by atoms with Gasteiger partial charge >= 0.3 is 5.97 Å². The summed E-state index contributed by atoms with van der Waals surface area (Å²) in [6.07, 6.45) is 1.59. The van der Waals surface area contributed by atoms with Crippen molar-refractivity contribution in [1.82, 2.24) is 0 Å². The molecule has 0 radical (unpaired) electrons. The van der Waals surface area contributed by atoms with Gasteiger partial charge in [-0.05, 0) is 30.2 Å². The monoisotopic (exact) mass is 268 g/mol. The molecule has 0 aliphatic rings. The summed E-state index contributed by atoms with van der Waals surface area (Å²) in [6.45, 7) is 2.21. The van der Waals surface area contributed by atoms with Gasteiger partial charge in [0.2, 0.25) is 0 Å². The van der Waals surface area contributed by atoms with Crippen LogP contribution in [0.5, 0.6) is 5.75 Å². The number of aliphatic carboxylic acids is 1. The SMILES string of the molecule is CC=C(C(=O)O)c1ccc(OCc2ccccc2)cc1. The van der Waals surface area contributed by atoms with Crippen molar-refractivity contribution >= 4 is 11.5 Å². The highest BCUT2D eigenvalue weighted by Gasteiger charge is 2.08. The Morgan fingerprint density at radius 3 is 2.30 bits per heavy atom. The highest BCUT2D eigenvalue weighted by atomic mass is 16.5. The Labute approximate surface area is 118 Å². The molecule has 0 atom stereocenters. The lowest BCUT2D eigenvalue weighted by Crippen LogP contribution is -1.99. The van der Waals surface area contributed by atoms with Gasteiger partial charge in [0, 0.05) is 0 Å². The number of hydrogen-bond acceptors (Lipinski definition) is 2. The van der Waals surface area contributed by atoms with Crippen molar-refractivity contribution in [3.8, 4) is 5.75 Å². The average molecular weight is 268 g/mol. The van der Waals surface area contributed by atoms with Crippen LogP contribution < -0.4 is 4.74 Å². The fraction of sp³-hybridized carbons (Fsp3) is 0.118. The van der Waals surface area contributed by atoms with E-state index < -0.39 is 5.97 Å². The maximum absolute atomic E-state index is 11.0. The van der Waals surface area contributed by atoms with Crippen LogP contribution in [-0.4, -0.2) is 11.1 Å². The van der Waals surface area contributed by atoms with Crippen molar-refractivity contribution in [2.45, 2.75) is 13.5 Å². The van der Waals surface area contributed by atoms with Crippen LogP contribution in [0.2, 0.25) is 0 Å². The summed E-state index contributed by atoms with van der Waals surface area (Å²) < 4.78 is 5.65. The molecule has 3 nitrogen and oxygen atoms in total. The maximum Gasteiger partial charge on any atom is 0.335 e. The summed E-state index contributed by atoms with van der Waals surface area (Å²) in [5.74, 6) is -0.205. The third-order valence-corrected chi connectivity index (χ3v) is 2.93. The van der Waals surface area contributed by atoms with E-state index in [4.69, 9.17) is 9.84 Å². The molecule has 0 bridgehead atoms. The average Bonchev–Trinajstić information content (AvgIpc) is 2.48. The van der Waals surface area contributed by atoms with Crippen LogP contribution in [0.1, 0.15) is 18.1 Å². The fourth-order valence-electron chi connectivity index (χ4n) is 1.89. The Hall–Kier alpha value is -2.55. The number of rotatable bonds is 5. The third-order valence-electron chi connectivity index (χ3n) is 2.93. The largest absolute Gasteiger partial charge is 0.489 e. The fourth-order valence-corrected chi connectivity index (χ4v) is 1.89. The molecule has 0 saturated heterocycles. The number of ether oxygens (including phenoxy) is 1. The standard InChI is InChI=1S/C17H16O3/c1-2-16(17(18)19)14-8-10-15(11-9-14)20-12-13-6-4-3-5-7-13/h2-11H,12H2,1H3,(H,18,19). The van der Waals surface area contributed by atoms with Crippen molar-refractivity contribution < 1.29 is 14.6 Å². The molecule has 2 rings (SSSR count). The van der Waals surface area contributed by atoms with Gasteiger partial charge in [-0.25, -0.2) is 4.79 Å². The van der Waals surface area contributed by atoms with E-state index in [0.29, 0.717) is 17.7 Å². The van der Waals surface area contributed by atoms with E-state index in [1.807, 2.05) is 30.3 Å². The molecule has 0 amide bonds. The van der Waals surface area contributed by atoms with Gasteiger partial charge in [-0.15, -0.1) is 0 Å². The van der Waals surface area contributed by atoms with Gasteiger partial charge in [-0.3, -0.25) is 0 Å². The van der Waals surface area contributed by atoms with E-state index in [1.165, 1.54) is 0 Å². The van der Waals surface area contributed by atoms with Gasteiger partial charge in [0.15, 0.2) is 0 Å². The van der Waals surface area contributed by atoms with Crippen LogP contribution in [0.25, 0.3) is 5.57 Å². The zero-order valence-corrected chi connectivity index (χ0v) is 11.2. The van der Waals surface area contributed by atoms with Crippen molar-refractivity contribution in [3.05, 3.63) is 71.8 Å². The smallest absolute Gasteiger partial charge is 0.335 e.